The first-order valence-corrected chi connectivity index (χ1v) is 12.5. The molecule has 4 aromatic rings. The lowest BCUT2D eigenvalue weighted by Crippen LogP contribution is -2.24. The fourth-order valence-corrected chi connectivity index (χ4v) is 4.94. The van der Waals surface area contributed by atoms with Crippen LogP contribution < -0.4 is 0 Å². The van der Waals surface area contributed by atoms with Crippen molar-refractivity contribution in [2.75, 3.05) is 0 Å². The van der Waals surface area contributed by atoms with Crippen LogP contribution in [0.2, 0.25) is 0 Å². The van der Waals surface area contributed by atoms with Crippen LogP contribution in [0.5, 0.6) is 0 Å². The molecule has 0 saturated heterocycles. The number of carbonyl (C=O) groups excluding carboxylic acids is 1. The maximum Gasteiger partial charge on any atom is 0.339 e. The lowest BCUT2D eigenvalue weighted by Gasteiger charge is -2.15. The number of unbranched alkanes of at least 4 members (excludes halogenated alkanes) is 4. The number of ether oxygens (including phenoxy) is 1. The van der Waals surface area contributed by atoms with E-state index in [1.807, 2.05) is 29.1 Å². The number of nitrogens with zero attached hydrogens (tertiary/aromatic N) is 4. The summed E-state index contributed by atoms with van der Waals surface area (Å²) in [7, 11) is 0. The summed E-state index contributed by atoms with van der Waals surface area (Å²) >= 11 is 0. The van der Waals surface area contributed by atoms with E-state index in [0.29, 0.717) is 18.5 Å². The second kappa shape index (κ2) is 10.2. The lowest BCUT2D eigenvalue weighted by molar-refractivity contribution is 0.0264. The number of cyclic esters (lactones) is 1. The minimum absolute atomic E-state index is 0.261. The smallest absolute Gasteiger partial charge is 0.339 e. The SMILES string of the molecule is CCCCCCCc1cn(CC2Cc3cn(Cc4ccccc4)c4cccc(c34)C(=O)O2)nn1. The van der Waals surface area contributed by atoms with Gasteiger partial charge in [0.1, 0.15) is 6.10 Å². The number of aryl methyl sites for hydroxylation is 1. The van der Waals surface area contributed by atoms with Crippen LogP contribution in [0, 0.1) is 0 Å². The molecule has 176 valence electrons. The molecule has 6 nitrogen and oxygen atoms in total. The summed E-state index contributed by atoms with van der Waals surface area (Å²) in [5, 5.41) is 9.66. The van der Waals surface area contributed by atoms with Crippen molar-refractivity contribution in [2.24, 2.45) is 0 Å². The fraction of sp³-hybridized carbons (Fsp3) is 0.393. The summed E-state index contributed by atoms with van der Waals surface area (Å²) in [5.74, 6) is -0.261. The highest BCUT2D eigenvalue weighted by molar-refractivity contribution is 6.06. The van der Waals surface area contributed by atoms with E-state index in [2.05, 4.69) is 58.3 Å². The molecule has 1 unspecified atom stereocenters. The van der Waals surface area contributed by atoms with Gasteiger partial charge in [0.05, 0.1) is 17.8 Å². The predicted molar refractivity (Wildman–Crippen MR) is 133 cm³/mol. The van der Waals surface area contributed by atoms with Crippen molar-refractivity contribution in [2.45, 2.75) is 71.1 Å². The van der Waals surface area contributed by atoms with Gasteiger partial charge < -0.3 is 9.30 Å². The lowest BCUT2D eigenvalue weighted by atomic mass is 10.0. The van der Waals surface area contributed by atoms with Gasteiger partial charge in [-0.15, -0.1) is 5.10 Å². The Hall–Kier alpha value is -3.41. The Morgan fingerprint density at radius 2 is 1.85 bits per heavy atom. The van der Waals surface area contributed by atoms with Crippen molar-refractivity contribution in [3.8, 4) is 0 Å². The Balaban J connectivity index is 1.32. The number of benzene rings is 2. The van der Waals surface area contributed by atoms with Crippen LogP contribution in [0.15, 0.2) is 60.9 Å². The monoisotopic (exact) mass is 456 g/mol. The van der Waals surface area contributed by atoms with Crippen molar-refractivity contribution in [3.05, 3.63) is 83.3 Å². The molecule has 0 spiro atoms. The minimum Gasteiger partial charge on any atom is -0.456 e. The highest BCUT2D eigenvalue weighted by Gasteiger charge is 2.27. The van der Waals surface area contributed by atoms with E-state index in [1.54, 1.807) is 0 Å². The molecule has 5 rings (SSSR count). The van der Waals surface area contributed by atoms with Gasteiger partial charge in [0, 0.05) is 36.3 Å². The summed E-state index contributed by atoms with van der Waals surface area (Å²) < 4.78 is 9.97. The van der Waals surface area contributed by atoms with Crippen LogP contribution in [0.25, 0.3) is 10.9 Å². The third-order valence-electron chi connectivity index (χ3n) is 6.63. The number of esters is 1. The van der Waals surface area contributed by atoms with E-state index < -0.39 is 0 Å². The van der Waals surface area contributed by atoms with Gasteiger partial charge in [0.15, 0.2) is 0 Å². The molecular weight excluding hydrogens is 424 g/mol. The largest absolute Gasteiger partial charge is 0.456 e. The predicted octanol–water partition coefficient (Wildman–Crippen LogP) is 5.58. The van der Waals surface area contributed by atoms with Crippen molar-refractivity contribution < 1.29 is 9.53 Å². The standard InChI is InChI=1S/C28H32N4O2/c1-2-3-4-5-9-13-23-19-32(30-29-23)20-24-16-22-18-31(17-21-11-7-6-8-12-21)26-15-10-14-25(27(22)26)28(33)34-24/h6-8,10-12,14-15,18-19,24H,2-5,9,13,16-17,20H2,1H3. The van der Waals surface area contributed by atoms with Crippen molar-refractivity contribution in [1.82, 2.24) is 19.6 Å². The Labute approximate surface area is 200 Å². The number of hydrogen-bond acceptors (Lipinski definition) is 4. The van der Waals surface area contributed by atoms with E-state index in [4.69, 9.17) is 4.74 Å². The zero-order chi connectivity index (χ0) is 23.3. The fourth-order valence-electron chi connectivity index (χ4n) is 4.94. The zero-order valence-electron chi connectivity index (χ0n) is 19.8. The number of hydrogen-bond donors (Lipinski definition) is 0. The van der Waals surface area contributed by atoms with Crippen LogP contribution in [0.4, 0.5) is 0 Å². The molecule has 0 radical (unpaired) electrons. The summed E-state index contributed by atoms with van der Waals surface area (Å²) in [6.07, 6.45) is 11.7. The van der Waals surface area contributed by atoms with E-state index >= 15 is 0 Å². The van der Waals surface area contributed by atoms with Crippen molar-refractivity contribution in [3.63, 3.8) is 0 Å². The van der Waals surface area contributed by atoms with Crippen LogP contribution >= 0.6 is 0 Å². The van der Waals surface area contributed by atoms with E-state index in [1.165, 1.54) is 31.2 Å². The Morgan fingerprint density at radius 3 is 2.71 bits per heavy atom. The summed E-state index contributed by atoms with van der Waals surface area (Å²) in [5.41, 5.74) is 5.11. The first-order valence-electron chi connectivity index (χ1n) is 12.5. The summed E-state index contributed by atoms with van der Waals surface area (Å²) in [6, 6.07) is 16.3. The van der Waals surface area contributed by atoms with Gasteiger partial charge in [-0.25, -0.2) is 9.48 Å². The van der Waals surface area contributed by atoms with Gasteiger partial charge in [-0.3, -0.25) is 0 Å². The topological polar surface area (TPSA) is 61.9 Å². The zero-order valence-corrected chi connectivity index (χ0v) is 19.8. The summed E-state index contributed by atoms with van der Waals surface area (Å²) in [6.45, 7) is 3.51. The molecule has 1 atom stereocenters. The molecule has 6 heteroatoms. The van der Waals surface area contributed by atoms with Crippen LogP contribution in [0.1, 0.15) is 66.2 Å². The number of rotatable bonds is 10. The van der Waals surface area contributed by atoms with Crippen molar-refractivity contribution >= 4 is 16.9 Å². The molecule has 1 aliphatic rings. The average Bonchev–Trinajstić information content (AvgIpc) is 3.40. The Bertz CT molecular complexity index is 1260. The first kappa shape index (κ1) is 22.4. The molecule has 34 heavy (non-hydrogen) atoms. The molecule has 0 aliphatic carbocycles. The molecule has 2 aromatic heterocycles. The van der Waals surface area contributed by atoms with Gasteiger partial charge in [-0.05, 0) is 36.1 Å². The maximum atomic E-state index is 13.0. The molecule has 0 bridgehead atoms. The van der Waals surface area contributed by atoms with Gasteiger partial charge >= 0.3 is 5.97 Å². The molecule has 0 N–H and O–H groups in total. The summed E-state index contributed by atoms with van der Waals surface area (Å²) in [4.78, 5) is 13.0. The third kappa shape index (κ3) is 4.91. The maximum absolute atomic E-state index is 13.0. The molecule has 3 heterocycles. The molecule has 0 amide bonds. The van der Waals surface area contributed by atoms with Crippen LogP contribution in [0.3, 0.4) is 0 Å². The first-order chi connectivity index (χ1) is 16.7. The quantitative estimate of drug-likeness (QED) is 0.231. The number of carbonyl (C=O) groups is 1. The van der Waals surface area contributed by atoms with Gasteiger partial charge in [-0.1, -0.05) is 74.2 Å². The van der Waals surface area contributed by atoms with E-state index in [0.717, 1.165) is 41.5 Å². The molecule has 0 saturated carbocycles. The number of aromatic nitrogens is 4. The van der Waals surface area contributed by atoms with Crippen LogP contribution in [-0.4, -0.2) is 31.6 Å². The van der Waals surface area contributed by atoms with Crippen molar-refractivity contribution in [1.29, 1.82) is 0 Å². The highest BCUT2D eigenvalue weighted by Crippen LogP contribution is 2.31. The average molecular weight is 457 g/mol. The van der Waals surface area contributed by atoms with E-state index in [-0.39, 0.29) is 12.1 Å². The second-order valence-electron chi connectivity index (χ2n) is 9.30. The van der Waals surface area contributed by atoms with Gasteiger partial charge in [0.25, 0.3) is 0 Å². The van der Waals surface area contributed by atoms with E-state index in [9.17, 15) is 4.79 Å². The molecular formula is C28H32N4O2. The Kier molecular flexibility index (Phi) is 6.74. The highest BCUT2D eigenvalue weighted by atomic mass is 16.5. The molecule has 2 aromatic carbocycles. The minimum atomic E-state index is -0.283. The third-order valence-corrected chi connectivity index (χ3v) is 6.63. The second-order valence-corrected chi connectivity index (χ2v) is 9.30. The van der Waals surface area contributed by atoms with Gasteiger partial charge in [-0.2, -0.15) is 0 Å². The molecule has 0 fully saturated rings. The Morgan fingerprint density at radius 1 is 1.00 bits per heavy atom. The van der Waals surface area contributed by atoms with Crippen LogP contribution in [-0.2, 0) is 30.7 Å². The molecule has 1 aliphatic heterocycles. The van der Waals surface area contributed by atoms with Gasteiger partial charge in [0.2, 0.25) is 0 Å². The normalized spacial score (nSPS) is 15.4.